The van der Waals surface area contributed by atoms with Gasteiger partial charge in [-0.15, -0.1) is 0 Å². The van der Waals surface area contributed by atoms with Crippen LogP contribution in [0, 0.1) is 0 Å². The Morgan fingerprint density at radius 3 is 2.16 bits per heavy atom. The summed E-state index contributed by atoms with van der Waals surface area (Å²) in [5, 5.41) is 2.86. The van der Waals surface area contributed by atoms with Crippen molar-refractivity contribution in [3.63, 3.8) is 0 Å². The Morgan fingerprint density at radius 2 is 1.52 bits per heavy atom. The third-order valence-corrected chi connectivity index (χ3v) is 3.62. The Bertz CT molecular complexity index is 685. The number of amides is 1. The predicted molar refractivity (Wildman–Crippen MR) is 94.5 cm³/mol. The molecular formula is C19H23NO5. The number of ether oxygens (including phenoxy) is 4. The number of benzene rings is 2. The summed E-state index contributed by atoms with van der Waals surface area (Å²) in [6.07, 6.45) is 0.262. The molecule has 0 fully saturated rings. The van der Waals surface area contributed by atoms with Gasteiger partial charge in [0, 0.05) is 12.1 Å². The van der Waals surface area contributed by atoms with E-state index in [4.69, 9.17) is 18.9 Å². The Morgan fingerprint density at radius 1 is 0.880 bits per heavy atom. The van der Waals surface area contributed by atoms with Crippen LogP contribution < -0.4 is 24.3 Å². The van der Waals surface area contributed by atoms with E-state index < -0.39 is 0 Å². The van der Waals surface area contributed by atoms with Gasteiger partial charge in [-0.25, -0.2) is 0 Å². The number of hydrogen-bond acceptors (Lipinski definition) is 5. The predicted octanol–water partition coefficient (Wildman–Crippen LogP) is 2.80. The van der Waals surface area contributed by atoms with Crippen LogP contribution in [-0.4, -0.2) is 33.8 Å². The highest BCUT2D eigenvalue weighted by molar-refractivity contribution is 5.76. The summed E-state index contributed by atoms with van der Waals surface area (Å²) >= 11 is 0. The van der Waals surface area contributed by atoms with Crippen LogP contribution in [0.2, 0.25) is 0 Å². The van der Waals surface area contributed by atoms with E-state index in [1.54, 1.807) is 33.5 Å². The quantitative estimate of drug-likeness (QED) is 0.757. The van der Waals surface area contributed by atoms with Crippen molar-refractivity contribution in [2.24, 2.45) is 0 Å². The van der Waals surface area contributed by atoms with Crippen LogP contribution in [-0.2, 0) is 11.3 Å². The first-order chi connectivity index (χ1) is 12.2. The van der Waals surface area contributed by atoms with E-state index >= 15 is 0 Å². The van der Waals surface area contributed by atoms with Crippen molar-refractivity contribution >= 4 is 5.91 Å². The number of carbonyl (C=O) groups excluding carboxylic acids is 1. The van der Waals surface area contributed by atoms with E-state index in [2.05, 4.69) is 5.32 Å². The molecule has 6 nitrogen and oxygen atoms in total. The summed E-state index contributed by atoms with van der Waals surface area (Å²) < 4.78 is 21.1. The van der Waals surface area contributed by atoms with E-state index in [-0.39, 0.29) is 12.3 Å². The summed E-state index contributed by atoms with van der Waals surface area (Å²) in [4.78, 5) is 12.0. The zero-order chi connectivity index (χ0) is 18.1. The molecule has 0 saturated carbocycles. The smallest absolute Gasteiger partial charge is 0.223 e. The average molecular weight is 345 g/mol. The molecule has 0 aliphatic heterocycles. The molecule has 0 unspecified atom stereocenters. The summed E-state index contributed by atoms with van der Waals surface area (Å²) in [7, 11) is 4.80. The molecule has 6 heteroatoms. The third kappa shape index (κ3) is 5.60. The van der Waals surface area contributed by atoms with Gasteiger partial charge in [-0.05, 0) is 42.5 Å². The molecule has 2 aromatic rings. The van der Waals surface area contributed by atoms with Crippen molar-refractivity contribution in [2.75, 3.05) is 27.9 Å². The van der Waals surface area contributed by atoms with E-state index in [0.29, 0.717) is 30.4 Å². The number of hydrogen-bond donors (Lipinski definition) is 1. The van der Waals surface area contributed by atoms with Gasteiger partial charge >= 0.3 is 0 Å². The maximum absolute atomic E-state index is 12.0. The van der Waals surface area contributed by atoms with Gasteiger partial charge in [0.15, 0.2) is 0 Å². The lowest BCUT2D eigenvalue weighted by molar-refractivity contribution is -0.121. The molecule has 1 N–H and O–H groups in total. The SMILES string of the molecule is COc1ccc(OCCC(=O)NCc2cc(OC)ccc2OC)cc1. The van der Waals surface area contributed by atoms with E-state index in [1.165, 1.54) is 0 Å². The monoisotopic (exact) mass is 345 g/mol. The summed E-state index contributed by atoms with van der Waals surface area (Å²) in [5.41, 5.74) is 0.853. The fourth-order valence-corrected chi connectivity index (χ4v) is 2.24. The molecule has 0 radical (unpaired) electrons. The first-order valence-electron chi connectivity index (χ1n) is 7.90. The van der Waals surface area contributed by atoms with Gasteiger partial charge in [-0.2, -0.15) is 0 Å². The lowest BCUT2D eigenvalue weighted by Gasteiger charge is -2.12. The van der Waals surface area contributed by atoms with Crippen molar-refractivity contribution in [3.05, 3.63) is 48.0 Å². The van der Waals surface area contributed by atoms with Crippen LogP contribution in [0.3, 0.4) is 0 Å². The number of carbonyl (C=O) groups is 1. The van der Waals surface area contributed by atoms with Gasteiger partial charge in [0.05, 0.1) is 34.4 Å². The molecule has 0 heterocycles. The second-order valence-electron chi connectivity index (χ2n) is 5.23. The van der Waals surface area contributed by atoms with Crippen molar-refractivity contribution < 1.29 is 23.7 Å². The van der Waals surface area contributed by atoms with E-state index in [9.17, 15) is 4.79 Å². The van der Waals surface area contributed by atoms with Gasteiger partial charge in [0.2, 0.25) is 5.91 Å². The molecule has 134 valence electrons. The standard InChI is InChI=1S/C19H23NO5/c1-22-15-4-6-16(7-5-15)25-11-10-19(21)20-13-14-12-17(23-2)8-9-18(14)24-3/h4-9,12H,10-11,13H2,1-3H3,(H,20,21). The van der Waals surface area contributed by atoms with Crippen molar-refractivity contribution in [1.82, 2.24) is 5.32 Å². The molecule has 0 aliphatic rings. The lowest BCUT2D eigenvalue weighted by atomic mass is 10.2. The molecule has 0 spiro atoms. The van der Waals surface area contributed by atoms with Crippen LogP contribution in [0.1, 0.15) is 12.0 Å². The number of nitrogens with one attached hydrogen (secondary N) is 1. The third-order valence-electron chi connectivity index (χ3n) is 3.62. The molecule has 0 atom stereocenters. The van der Waals surface area contributed by atoms with Gasteiger partial charge in [-0.3, -0.25) is 4.79 Å². The van der Waals surface area contributed by atoms with Gasteiger partial charge < -0.3 is 24.3 Å². The first-order valence-corrected chi connectivity index (χ1v) is 7.90. The number of rotatable bonds is 9. The summed E-state index contributed by atoms with van der Waals surface area (Å²) in [6.45, 7) is 0.662. The Kier molecular flexibility index (Phi) is 6.95. The molecule has 2 rings (SSSR count). The Hall–Kier alpha value is -2.89. The van der Waals surface area contributed by atoms with Crippen molar-refractivity contribution in [2.45, 2.75) is 13.0 Å². The maximum Gasteiger partial charge on any atom is 0.223 e. The van der Waals surface area contributed by atoms with Crippen LogP contribution in [0.15, 0.2) is 42.5 Å². The molecule has 25 heavy (non-hydrogen) atoms. The fourth-order valence-electron chi connectivity index (χ4n) is 2.24. The zero-order valence-corrected chi connectivity index (χ0v) is 14.7. The van der Waals surface area contributed by atoms with Gasteiger partial charge in [0.25, 0.3) is 0 Å². The van der Waals surface area contributed by atoms with Gasteiger partial charge in [-0.1, -0.05) is 0 Å². The minimum absolute atomic E-state index is 0.0987. The van der Waals surface area contributed by atoms with Crippen LogP contribution in [0.5, 0.6) is 23.0 Å². The minimum atomic E-state index is -0.0987. The minimum Gasteiger partial charge on any atom is -0.497 e. The number of methoxy groups -OCH3 is 3. The highest BCUT2D eigenvalue weighted by atomic mass is 16.5. The molecule has 1 amide bonds. The molecular weight excluding hydrogens is 322 g/mol. The Labute approximate surface area is 147 Å². The topological polar surface area (TPSA) is 66.0 Å². The molecule has 0 saturated heterocycles. The summed E-state index contributed by atoms with van der Waals surface area (Å²) in [5.74, 6) is 2.78. The normalized spacial score (nSPS) is 10.0. The van der Waals surface area contributed by atoms with E-state index in [0.717, 1.165) is 11.3 Å². The van der Waals surface area contributed by atoms with Crippen molar-refractivity contribution in [1.29, 1.82) is 0 Å². The van der Waals surface area contributed by atoms with Gasteiger partial charge in [0.1, 0.15) is 23.0 Å². The second kappa shape index (κ2) is 9.42. The molecule has 0 bridgehead atoms. The second-order valence-corrected chi connectivity index (χ2v) is 5.23. The zero-order valence-electron chi connectivity index (χ0n) is 14.7. The molecule has 0 aliphatic carbocycles. The highest BCUT2D eigenvalue weighted by Gasteiger charge is 2.08. The largest absolute Gasteiger partial charge is 0.497 e. The summed E-state index contributed by atoms with van der Waals surface area (Å²) in [6, 6.07) is 12.7. The van der Waals surface area contributed by atoms with Crippen LogP contribution >= 0.6 is 0 Å². The lowest BCUT2D eigenvalue weighted by Crippen LogP contribution is -2.24. The van der Waals surface area contributed by atoms with Crippen molar-refractivity contribution in [3.8, 4) is 23.0 Å². The Balaban J connectivity index is 1.78. The highest BCUT2D eigenvalue weighted by Crippen LogP contribution is 2.23. The average Bonchev–Trinajstić information content (AvgIpc) is 2.66. The first kappa shape index (κ1) is 18.4. The van der Waals surface area contributed by atoms with E-state index in [1.807, 2.05) is 30.3 Å². The molecule has 2 aromatic carbocycles. The molecule has 0 aromatic heterocycles. The van der Waals surface area contributed by atoms with Crippen LogP contribution in [0.25, 0.3) is 0 Å². The maximum atomic E-state index is 12.0. The van der Waals surface area contributed by atoms with Crippen LogP contribution in [0.4, 0.5) is 0 Å². The fraction of sp³-hybridized carbons (Fsp3) is 0.316.